The standard InChI is InChI=1S/C16H26N2O2S/c1-13-6-5-7-14(12-13)10-11-18-21(19,20)16-9-4-3-8-15(16)17-2/h3-4,8-9,13-14,17-18H,5-7,10-12H2,1-2H3. The van der Waals surface area contributed by atoms with Crippen molar-refractivity contribution in [2.75, 3.05) is 18.9 Å². The maximum atomic E-state index is 12.4. The van der Waals surface area contributed by atoms with Crippen molar-refractivity contribution in [2.45, 2.75) is 43.9 Å². The van der Waals surface area contributed by atoms with Gasteiger partial charge < -0.3 is 5.32 Å². The molecular weight excluding hydrogens is 284 g/mol. The monoisotopic (exact) mass is 310 g/mol. The lowest BCUT2D eigenvalue weighted by molar-refractivity contribution is 0.271. The Balaban J connectivity index is 1.92. The first-order valence-corrected chi connectivity index (χ1v) is 9.27. The highest BCUT2D eigenvalue weighted by molar-refractivity contribution is 7.89. The first-order chi connectivity index (χ1) is 10.0. The van der Waals surface area contributed by atoms with Gasteiger partial charge in [-0.25, -0.2) is 13.1 Å². The number of rotatable bonds is 6. The normalized spacial score (nSPS) is 23.0. The van der Waals surface area contributed by atoms with Crippen LogP contribution in [0.1, 0.15) is 39.0 Å². The van der Waals surface area contributed by atoms with E-state index in [1.165, 1.54) is 25.7 Å². The van der Waals surface area contributed by atoms with Gasteiger partial charge in [0.1, 0.15) is 4.90 Å². The van der Waals surface area contributed by atoms with Gasteiger partial charge in [0.15, 0.2) is 0 Å². The molecule has 21 heavy (non-hydrogen) atoms. The molecule has 2 unspecified atom stereocenters. The molecule has 2 rings (SSSR count). The van der Waals surface area contributed by atoms with Crippen molar-refractivity contribution in [3.63, 3.8) is 0 Å². The van der Waals surface area contributed by atoms with Crippen LogP contribution in [0.5, 0.6) is 0 Å². The van der Waals surface area contributed by atoms with Crippen LogP contribution in [0.25, 0.3) is 0 Å². The third-order valence-corrected chi connectivity index (χ3v) is 5.85. The van der Waals surface area contributed by atoms with Crippen molar-refractivity contribution in [1.82, 2.24) is 4.72 Å². The van der Waals surface area contributed by atoms with Gasteiger partial charge in [-0.15, -0.1) is 0 Å². The van der Waals surface area contributed by atoms with E-state index in [1.54, 1.807) is 25.2 Å². The number of nitrogens with one attached hydrogen (secondary N) is 2. The summed E-state index contributed by atoms with van der Waals surface area (Å²) in [4.78, 5) is 0.324. The summed E-state index contributed by atoms with van der Waals surface area (Å²) >= 11 is 0. The molecular formula is C16H26N2O2S. The Kier molecular flexibility index (Phi) is 5.65. The van der Waals surface area contributed by atoms with Gasteiger partial charge in [-0.2, -0.15) is 0 Å². The largest absolute Gasteiger partial charge is 0.387 e. The second-order valence-electron chi connectivity index (χ2n) is 6.07. The molecule has 0 radical (unpaired) electrons. The summed E-state index contributed by atoms with van der Waals surface area (Å²) in [6, 6.07) is 6.99. The van der Waals surface area contributed by atoms with Crippen LogP contribution < -0.4 is 10.0 Å². The minimum Gasteiger partial charge on any atom is -0.387 e. The van der Waals surface area contributed by atoms with Crippen LogP contribution in [0.3, 0.4) is 0 Å². The Hall–Kier alpha value is -1.07. The number of anilines is 1. The van der Waals surface area contributed by atoms with Gasteiger partial charge in [0.05, 0.1) is 5.69 Å². The van der Waals surface area contributed by atoms with E-state index in [2.05, 4.69) is 17.0 Å². The molecule has 1 fully saturated rings. The van der Waals surface area contributed by atoms with Crippen molar-refractivity contribution in [2.24, 2.45) is 11.8 Å². The van der Waals surface area contributed by atoms with Crippen LogP contribution in [0, 0.1) is 11.8 Å². The fourth-order valence-corrected chi connectivity index (χ4v) is 4.46. The molecule has 1 aromatic rings. The predicted octanol–water partition coefficient (Wildman–Crippen LogP) is 3.22. The van der Waals surface area contributed by atoms with Gasteiger partial charge in [0, 0.05) is 13.6 Å². The predicted molar refractivity (Wildman–Crippen MR) is 86.9 cm³/mol. The van der Waals surface area contributed by atoms with Gasteiger partial charge >= 0.3 is 0 Å². The van der Waals surface area contributed by atoms with Gasteiger partial charge in [-0.05, 0) is 36.8 Å². The van der Waals surface area contributed by atoms with Gasteiger partial charge in [-0.3, -0.25) is 0 Å². The third-order valence-electron chi connectivity index (χ3n) is 4.34. The van der Waals surface area contributed by atoms with E-state index in [-0.39, 0.29) is 0 Å². The molecule has 5 heteroatoms. The highest BCUT2D eigenvalue weighted by Gasteiger charge is 2.21. The van der Waals surface area contributed by atoms with Crippen LogP contribution in [0.2, 0.25) is 0 Å². The summed E-state index contributed by atoms with van der Waals surface area (Å²) in [6.07, 6.45) is 6.00. The SMILES string of the molecule is CNc1ccccc1S(=O)(=O)NCCC1CCCC(C)C1. The van der Waals surface area contributed by atoms with Crippen molar-refractivity contribution in [3.8, 4) is 0 Å². The van der Waals surface area contributed by atoms with Crippen molar-refractivity contribution in [3.05, 3.63) is 24.3 Å². The lowest BCUT2D eigenvalue weighted by Crippen LogP contribution is -2.27. The quantitative estimate of drug-likeness (QED) is 0.848. The molecule has 0 bridgehead atoms. The molecule has 1 aromatic carbocycles. The second kappa shape index (κ2) is 7.27. The third kappa shape index (κ3) is 4.45. The molecule has 0 aromatic heterocycles. The average Bonchev–Trinajstić information content (AvgIpc) is 2.47. The summed E-state index contributed by atoms with van der Waals surface area (Å²) in [7, 11) is -1.70. The van der Waals surface area contributed by atoms with E-state index in [0.717, 1.165) is 12.3 Å². The first-order valence-electron chi connectivity index (χ1n) is 7.79. The average molecular weight is 310 g/mol. The van der Waals surface area contributed by atoms with E-state index in [9.17, 15) is 8.42 Å². The van der Waals surface area contributed by atoms with E-state index in [0.29, 0.717) is 23.0 Å². The molecule has 2 atom stereocenters. The van der Waals surface area contributed by atoms with Crippen LogP contribution in [0.4, 0.5) is 5.69 Å². The van der Waals surface area contributed by atoms with E-state index in [1.807, 2.05) is 6.07 Å². The zero-order valence-corrected chi connectivity index (χ0v) is 13.7. The fourth-order valence-electron chi connectivity index (χ4n) is 3.20. The summed E-state index contributed by atoms with van der Waals surface area (Å²) in [5.41, 5.74) is 0.635. The van der Waals surface area contributed by atoms with E-state index >= 15 is 0 Å². The van der Waals surface area contributed by atoms with Crippen molar-refractivity contribution < 1.29 is 8.42 Å². The Bertz CT molecular complexity index is 557. The summed E-state index contributed by atoms with van der Waals surface area (Å²) < 4.78 is 27.5. The molecule has 0 saturated heterocycles. The maximum Gasteiger partial charge on any atom is 0.242 e. The smallest absolute Gasteiger partial charge is 0.242 e. The summed E-state index contributed by atoms with van der Waals surface area (Å²) in [5, 5.41) is 2.93. The minimum absolute atomic E-state index is 0.324. The molecule has 1 aliphatic carbocycles. The first kappa shape index (κ1) is 16.3. The lowest BCUT2D eigenvalue weighted by atomic mass is 9.81. The summed E-state index contributed by atoms with van der Waals surface area (Å²) in [6.45, 7) is 2.82. The highest BCUT2D eigenvalue weighted by Crippen LogP contribution is 2.30. The Labute approximate surface area is 128 Å². The number of hydrogen-bond donors (Lipinski definition) is 2. The zero-order valence-electron chi connectivity index (χ0n) is 12.9. The number of sulfonamides is 1. The molecule has 0 amide bonds. The lowest BCUT2D eigenvalue weighted by Gasteiger charge is -2.26. The van der Waals surface area contributed by atoms with Crippen LogP contribution in [0.15, 0.2) is 29.2 Å². The van der Waals surface area contributed by atoms with E-state index in [4.69, 9.17) is 0 Å². The van der Waals surface area contributed by atoms with Gasteiger partial charge in [-0.1, -0.05) is 38.3 Å². The van der Waals surface area contributed by atoms with Gasteiger partial charge in [0.2, 0.25) is 10.0 Å². The van der Waals surface area contributed by atoms with E-state index < -0.39 is 10.0 Å². The molecule has 1 aliphatic rings. The number of benzene rings is 1. The van der Waals surface area contributed by atoms with Crippen molar-refractivity contribution in [1.29, 1.82) is 0 Å². The molecule has 0 spiro atoms. The maximum absolute atomic E-state index is 12.4. The molecule has 1 saturated carbocycles. The fraction of sp³-hybridized carbons (Fsp3) is 0.625. The molecule has 118 valence electrons. The Morgan fingerprint density at radius 1 is 1.24 bits per heavy atom. The van der Waals surface area contributed by atoms with Crippen LogP contribution in [-0.2, 0) is 10.0 Å². The molecule has 2 N–H and O–H groups in total. The molecule has 4 nitrogen and oxygen atoms in total. The van der Waals surface area contributed by atoms with Crippen LogP contribution >= 0.6 is 0 Å². The topological polar surface area (TPSA) is 58.2 Å². The van der Waals surface area contributed by atoms with Crippen LogP contribution in [-0.4, -0.2) is 22.0 Å². The second-order valence-corrected chi connectivity index (χ2v) is 7.81. The van der Waals surface area contributed by atoms with Crippen molar-refractivity contribution >= 4 is 15.7 Å². The number of hydrogen-bond acceptors (Lipinski definition) is 3. The van der Waals surface area contributed by atoms with Gasteiger partial charge in [0.25, 0.3) is 0 Å². The summed E-state index contributed by atoms with van der Waals surface area (Å²) in [5.74, 6) is 1.45. The molecule has 0 aliphatic heterocycles. The minimum atomic E-state index is -3.43. The number of para-hydroxylation sites is 1. The Morgan fingerprint density at radius 2 is 2.00 bits per heavy atom. The Morgan fingerprint density at radius 3 is 2.71 bits per heavy atom. The highest BCUT2D eigenvalue weighted by atomic mass is 32.2. The molecule has 0 heterocycles. The zero-order chi connectivity index (χ0) is 15.3.